The van der Waals surface area contributed by atoms with Crippen molar-refractivity contribution in [3.05, 3.63) is 54.1 Å². The molecule has 0 spiro atoms. The molecule has 3 rings (SSSR count). The van der Waals surface area contributed by atoms with Crippen molar-refractivity contribution in [1.82, 2.24) is 10.2 Å². The van der Waals surface area contributed by atoms with Crippen molar-refractivity contribution in [1.29, 1.82) is 0 Å². The fourth-order valence-electron chi connectivity index (χ4n) is 3.93. The van der Waals surface area contributed by atoms with E-state index in [4.69, 9.17) is 14.2 Å². The molecule has 0 aromatic heterocycles. The molecule has 1 unspecified atom stereocenters. The first kappa shape index (κ1) is 23.9. The number of hydrogen-bond donors (Lipinski definition) is 2. The standard InChI is InChI=1S/C25H36N4O3/c1-26-25(28-21-10-7-12-23(18-21)32-16-8-15-30-2)27-19-24(29-13-4-5-14-29)20-9-6-11-22(17-20)31-3/h6-7,9-12,17-18,24H,4-5,8,13-16,19H2,1-3H3,(H2,26,27,28). The molecule has 2 N–H and O–H groups in total. The Morgan fingerprint density at radius 1 is 1.03 bits per heavy atom. The summed E-state index contributed by atoms with van der Waals surface area (Å²) >= 11 is 0. The van der Waals surface area contributed by atoms with Gasteiger partial charge in [-0.25, -0.2) is 0 Å². The molecule has 1 heterocycles. The van der Waals surface area contributed by atoms with Crippen LogP contribution < -0.4 is 20.1 Å². The molecule has 0 saturated carbocycles. The zero-order valence-electron chi connectivity index (χ0n) is 19.5. The lowest BCUT2D eigenvalue weighted by Crippen LogP contribution is -2.39. The monoisotopic (exact) mass is 440 g/mol. The van der Waals surface area contributed by atoms with Gasteiger partial charge < -0.3 is 24.8 Å². The number of aliphatic imine (C=N–C) groups is 1. The third kappa shape index (κ3) is 7.14. The Balaban J connectivity index is 1.62. The minimum atomic E-state index is 0.251. The van der Waals surface area contributed by atoms with E-state index in [9.17, 15) is 0 Å². The minimum absolute atomic E-state index is 0.251. The molecule has 1 atom stereocenters. The van der Waals surface area contributed by atoms with Crippen molar-refractivity contribution >= 4 is 11.6 Å². The van der Waals surface area contributed by atoms with Gasteiger partial charge in [-0.3, -0.25) is 9.89 Å². The molecule has 0 amide bonds. The summed E-state index contributed by atoms with van der Waals surface area (Å²) in [5.41, 5.74) is 2.18. The smallest absolute Gasteiger partial charge is 0.195 e. The first-order valence-corrected chi connectivity index (χ1v) is 11.3. The predicted octanol–water partition coefficient (Wildman–Crippen LogP) is 3.93. The van der Waals surface area contributed by atoms with Gasteiger partial charge in [-0.15, -0.1) is 0 Å². The highest BCUT2D eigenvalue weighted by molar-refractivity contribution is 5.93. The molecular weight excluding hydrogens is 404 g/mol. The maximum atomic E-state index is 5.81. The molecule has 0 aliphatic carbocycles. The van der Waals surface area contributed by atoms with Crippen LogP contribution >= 0.6 is 0 Å². The van der Waals surface area contributed by atoms with Crippen LogP contribution in [-0.2, 0) is 4.74 Å². The highest BCUT2D eigenvalue weighted by Crippen LogP contribution is 2.27. The number of anilines is 1. The molecule has 1 saturated heterocycles. The highest BCUT2D eigenvalue weighted by Gasteiger charge is 2.24. The van der Waals surface area contributed by atoms with E-state index in [0.717, 1.165) is 49.2 Å². The van der Waals surface area contributed by atoms with Gasteiger partial charge in [0.15, 0.2) is 5.96 Å². The fourth-order valence-corrected chi connectivity index (χ4v) is 3.93. The van der Waals surface area contributed by atoms with Crippen LogP contribution in [0.15, 0.2) is 53.5 Å². The van der Waals surface area contributed by atoms with Gasteiger partial charge in [0.25, 0.3) is 0 Å². The summed E-state index contributed by atoms with van der Waals surface area (Å²) in [7, 11) is 5.20. The van der Waals surface area contributed by atoms with Crippen molar-refractivity contribution < 1.29 is 14.2 Å². The zero-order valence-corrected chi connectivity index (χ0v) is 19.5. The zero-order chi connectivity index (χ0) is 22.6. The summed E-state index contributed by atoms with van der Waals surface area (Å²) in [6.45, 7) is 4.29. The van der Waals surface area contributed by atoms with Crippen molar-refractivity contribution in [2.75, 3.05) is 59.4 Å². The molecule has 7 heteroatoms. The summed E-state index contributed by atoms with van der Waals surface area (Å²) in [6.07, 6.45) is 3.34. The number of rotatable bonds is 11. The predicted molar refractivity (Wildman–Crippen MR) is 130 cm³/mol. The molecule has 2 aromatic rings. The van der Waals surface area contributed by atoms with E-state index >= 15 is 0 Å². The van der Waals surface area contributed by atoms with Crippen LogP contribution in [-0.4, -0.2) is 65.0 Å². The number of likely N-dealkylation sites (tertiary alicyclic amines) is 1. The SMILES string of the molecule is CN=C(NCC(c1cccc(OC)c1)N1CCCC1)Nc1cccc(OCCCOC)c1. The average molecular weight is 441 g/mol. The Labute approximate surface area is 191 Å². The van der Waals surface area contributed by atoms with Crippen LogP contribution in [0.2, 0.25) is 0 Å². The third-order valence-corrected chi connectivity index (χ3v) is 5.60. The maximum Gasteiger partial charge on any atom is 0.195 e. The van der Waals surface area contributed by atoms with Crippen LogP contribution in [0.25, 0.3) is 0 Å². The lowest BCUT2D eigenvalue weighted by Gasteiger charge is -2.29. The highest BCUT2D eigenvalue weighted by atomic mass is 16.5. The van der Waals surface area contributed by atoms with E-state index in [1.165, 1.54) is 18.4 Å². The maximum absolute atomic E-state index is 5.81. The van der Waals surface area contributed by atoms with Crippen LogP contribution in [0.4, 0.5) is 5.69 Å². The number of benzene rings is 2. The van der Waals surface area contributed by atoms with Crippen molar-refractivity contribution in [2.45, 2.75) is 25.3 Å². The molecular formula is C25H36N4O3. The van der Waals surface area contributed by atoms with E-state index in [1.54, 1.807) is 21.3 Å². The van der Waals surface area contributed by atoms with Crippen molar-refractivity contribution in [3.63, 3.8) is 0 Å². The quantitative estimate of drug-likeness (QED) is 0.313. The molecule has 1 fully saturated rings. The first-order chi connectivity index (χ1) is 15.7. The van der Waals surface area contributed by atoms with Gasteiger partial charge in [0, 0.05) is 45.5 Å². The summed E-state index contributed by atoms with van der Waals surface area (Å²) in [4.78, 5) is 6.95. The molecule has 2 aromatic carbocycles. The number of methoxy groups -OCH3 is 2. The van der Waals surface area contributed by atoms with Gasteiger partial charge in [-0.2, -0.15) is 0 Å². The van der Waals surface area contributed by atoms with E-state index < -0.39 is 0 Å². The summed E-state index contributed by atoms with van der Waals surface area (Å²) in [6, 6.07) is 16.5. The van der Waals surface area contributed by atoms with Crippen LogP contribution in [0, 0.1) is 0 Å². The molecule has 0 bridgehead atoms. The molecule has 1 aliphatic rings. The molecule has 174 valence electrons. The molecule has 7 nitrogen and oxygen atoms in total. The number of nitrogens with zero attached hydrogens (tertiary/aromatic N) is 2. The summed E-state index contributed by atoms with van der Waals surface area (Å²) in [5, 5.41) is 6.89. The van der Waals surface area contributed by atoms with Crippen LogP contribution in [0.3, 0.4) is 0 Å². The normalized spacial score (nSPS) is 15.4. The summed E-state index contributed by atoms with van der Waals surface area (Å²) < 4.78 is 16.3. The third-order valence-electron chi connectivity index (χ3n) is 5.60. The average Bonchev–Trinajstić information content (AvgIpc) is 3.36. The van der Waals surface area contributed by atoms with Gasteiger partial charge in [0.1, 0.15) is 11.5 Å². The molecule has 1 aliphatic heterocycles. The Morgan fingerprint density at radius 2 is 1.81 bits per heavy atom. The van der Waals surface area contributed by atoms with Gasteiger partial charge in [-0.05, 0) is 55.8 Å². The second kappa shape index (κ2) is 12.9. The second-order valence-corrected chi connectivity index (χ2v) is 7.84. The van der Waals surface area contributed by atoms with Crippen LogP contribution in [0.5, 0.6) is 11.5 Å². The van der Waals surface area contributed by atoms with Gasteiger partial charge in [0.05, 0.1) is 19.8 Å². The van der Waals surface area contributed by atoms with E-state index in [1.807, 2.05) is 30.3 Å². The van der Waals surface area contributed by atoms with Gasteiger partial charge >= 0.3 is 0 Å². The fraction of sp³-hybridized carbons (Fsp3) is 0.480. The number of guanidine groups is 1. The van der Waals surface area contributed by atoms with Gasteiger partial charge in [0.2, 0.25) is 0 Å². The molecule has 0 radical (unpaired) electrons. The Bertz CT molecular complexity index is 853. The van der Waals surface area contributed by atoms with E-state index in [0.29, 0.717) is 13.2 Å². The topological polar surface area (TPSA) is 67.4 Å². The largest absolute Gasteiger partial charge is 0.497 e. The van der Waals surface area contributed by atoms with Crippen molar-refractivity contribution in [2.24, 2.45) is 4.99 Å². The van der Waals surface area contributed by atoms with Crippen molar-refractivity contribution in [3.8, 4) is 11.5 Å². The number of hydrogen-bond acceptors (Lipinski definition) is 5. The van der Waals surface area contributed by atoms with E-state index in [-0.39, 0.29) is 6.04 Å². The summed E-state index contributed by atoms with van der Waals surface area (Å²) in [5.74, 6) is 2.44. The Hall–Kier alpha value is -2.77. The molecule has 32 heavy (non-hydrogen) atoms. The second-order valence-electron chi connectivity index (χ2n) is 7.84. The lowest BCUT2D eigenvalue weighted by molar-refractivity contribution is 0.172. The Kier molecular flexibility index (Phi) is 9.65. The van der Waals surface area contributed by atoms with E-state index in [2.05, 4.69) is 38.7 Å². The first-order valence-electron chi connectivity index (χ1n) is 11.3. The van der Waals surface area contributed by atoms with Gasteiger partial charge in [-0.1, -0.05) is 18.2 Å². The number of nitrogens with one attached hydrogen (secondary N) is 2. The lowest BCUT2D eigenvalue weighted by atomic mass is 10.1. The Morgan fingerprint density at radius 3 is 2.56 bits per heavy atom. The number of ether oxygens (including phenoxy) is 3. The minimum Gasteiger partial charge on any atom is -0.497 e. The van der Waals surface area contributed by atoms with Crippen LogP contribution in [0.1, 0.15) is 30.9 Å².